The lowest BCUT2D eigenvalue weighted by atomic mass is 9.97. The average Bonchev–Trinajstić information content (AvgIpc) is 2.49. The Labute approximate surface area is 122 Å². The van der Waals surface area contributed by atoms with Crippen LogP contribution in [-0.2, 0) is 4.79 Å². The Morgan fingerprint density at radius 1 is 1.15 bits per heavy atom. The monoisotopic (exact) mass is 280 g/mol. The zero-order valence-corrected chi connectivity index (χ0v) is 12.7. The maximum absolute atomic E-state index is 12.4. The first kappa shape index (κ1) is 14.3. The van der Waals surface area contributed by atoms with E-state index in [1.54, 1.807) is 0 Å². The number of fused-ring (bicyclic) bond motifs is 1. The molecule has 1 amide bonds. The van der Waals surface area contributed by atoms with Crippen molar-refractivity contribution in [1.82, 2.24) is 20.0 Å². The summed E-state index contributed by atoms with van der Waals surface area (Å²) in [7, 11) is 0. The minimum atomic E-state index is 0.322. The number of carbonyl (C=O) groups is 1. The quantitative estimate of drug-likeness (QED) is 0.771. The van der Waals surface area contributed by atoms with Crippen LogP contribution in [0, 0.1) is 0 Å². The van der Waals surface area contributed by atoms with Gasteiger partial charge in [-0.25, -0.2) is 0 Å². The third-order valence-corrected chi connectivity index (χ3v) is 5.12. The van der Waals surface area contributed by atoms with Gasteiger partial charge in [0.1, 0.15) is 0 Å². The minimum absolute atomic E-state index is 0.322. The molecule has 3 aliphatic heterocycles. The van der Waals surface area contributed by atoms with Crippen LogP contribution in [0.25, 0.3) is 0 Å². The molecule has 0 radical (unpaired) electrons. The SMILES string of the molecule is CC1CN2CCCCC2CN1CC(=O)N1CCNCC1. The van der Waals surface area contributed by atoms with E-state index in [-0.39, 0.29) is 0 Å². The second-order valence-corrected chi connectivity index (χ2v) is 6.55. The van der Waals surface area contributed by atoms with Gasteiger partial charge in [0.2, 0.25) is 5.91 Å². The van der Waals surface area contributed by atoms with Crippen molar-refractivity contribution in [2.45, 2.75) is 38.3 Å². The molecule has 5 heteroatoms. The zero-order valence-electron chi connectivity index (χ0n) is 12.7. The summed E-state index contributed by atoms with van der Waals surface area (Å²) in [6.45, 7) is 10.00. The highest BCUT2D eigenvalue weighted by molar-refractivity contribution is 5.78. The van der Waals surface area contributed by atoms with E-state index in [9.17, 15) is 4.79 Å². The van der Waals surface area contributed by atoms with E-state index in [0.29, 0.717) is 24.5 Å². The van der Waals surface area contributed by atoms with E-state index in [4.69, 9.17) is 0 Å². The smallest absolute Gasteiger partial charge is 0.236 e. The summed E-state index contributed by atoms with van der Waals surface area (Å²) in [6.07, 6.45) is 4.02. The maximum atomic E-state index is 12.4. The molecular weight excluding hydrogens is 252 g/mol. The number of nitrogens with zero attached hydrogens (tertiary/aromatic N) is 3. The van der Waals surface area contributed by atoms with Crippen LogP contribution < -0.4 is 5.32 Å². The van der Waals surface area contributed by atoms with E-state index >= 15 is 0 Å². The molecule has 114 valence electrons. The highest BCUT2D eigenvalue weighted by atomic mass is 16.2. The first-order chi connectivity index (χ1) is 9.74. The Hall–Kier alpha value is -0.650. The second kappa shape index (κ2) is 6.41. The Morgan fingerprint density at radius 2 is 1.95 bits per heavy atom. The molecule has 2 unspecified atom stereocenters. The molecule has 0 aliphatic carbocycles. The summed E-state index contributed by atoms with van der Waals surface area (Å²) in [4.78, 5) is 19.5. The number of carbonyl (C=O) groups excluding carboxylic acids is 1. The Kier molecular flexibility index (Phi) is 4.58. The van der Waals surface area contributed by atoms with E-state index in [0.717, 1.165) is 39.3 Å². The molecule has 1 N–H and O–H groups in total. The summed E-state index contributed by atoms with van der Waals surface area (Å²) >= 11 is 0. The van der Waals surface area contributed by atoms with Crippen molar-refractivity contribution < 1.29 is 4.79 Å². The van der Waals surface area contributed by atoms with Crippen LogP contribution in [0.15, 0.2) is 0 Å². The Balaban J connectivity index is 1.54. The van der Waals surface area contributed by atoms with Crippen molar-refractivity contribution in [1.29, 1.82) is 0 Å². The Morgan fingerprint density at radius 3 is 2.75 bits per heavy atom. The predicted molar refractivity (Wildman–Crippen MR) is 79.7 cm³/mol. The van der Waals surface area contributed by atoms with Crippen molar-refractivity contribution in [2.24, 2.45) is 0 Å². The van der Waals surface area contributed by atoms with Gasteiger partial charge in [-0.3, -0.25) is 14.6 Å². The van der Waals surface area contributed by atoms with Crippen molar-refractivity contribution in [3.05, 3.63) is 0 Å². The van der Waals surface area contributed by atoms with Gasteiger partial charge in [0.25, 0.3) is 0 Å². The summed E-state index contributed by atoms with van der Waals surface area (Å²) in [5.74, 6) is 0.322. The molecule has 0 saturated carbocycles. The van der Waals surface area contributed by atoms with Crippen molar-refractivity contribution in [2.75, 3.05) is 52.4 Å². The largest absolute Gasteiger partial charge is 0.339 e. The van der Waals surface area contributed by atoms with Gasteiger partial charge in [0.05, 0.1) is 6.54 Å². The van der Waals surface area contributed by atoms with Crippen molar-refractivity contribution in [3.8, 4) is 0 Å². The van der Waals surface area contributed by atoms with Crippen molar-refractivity contribution in [3.63, 3.8) is 0 Å². The zero-order chi connectivity index (χ0) is 13.9. The lowest BCUT2D eigenvalue weighted by molar-refractivity contribution is -0.134. The van der Waals surface area contributed by atoms with Crippen LogP contribution in [0.2, 0.25) is 0 Å². The number of hydrogen-bond donors (Lipinski definition) is 1. The summed E-state index contributed by atoms with van der Waals surface area (Å²) in [5, 5.41) is 3.31. The molecule has 2 atom stereocenters. The highest BCUT2D eigenvalue weighted by Gasteiger charge is 2.34. The van der Waals surface area contributed by atoms with Gasteiger partial charge < -0.3 is 10.2 Å². The fourth-order valence-corrected chi connectivity index (χ4v) is 3.82. The van der Waals surface area contributed by atoms with E-state index in [1.165, 1.54) is 25.8 Å². The number of rotatable bonds is 2. The Bertz CT molecular complexity index is 343. The lowest BCUT2D eigenvalue weighted by Crippen LogP contribution is -2.60. The van der Waals surface area contributed by atoms with Gasteiger partial charge >= 0.3 is 0 Å². The number of nitrogens with one attached hydrogen (secondary N) is 1. The van der Waals surface area contributed by atoms with E-state index in [2.05, 4.69) is 22.0 Å². The molecule has 20 heavy (non-hydrogen) atoms. The molecule has 0 aromatic heterocycles. The first-order valence-electron chi connectivity index (χ1n) is 8.20. The van der Waals surface area contributed by atoms with Gasteiger partial charge in [0, 0.05) is 51.4 Å². The van der Waals surface area contributed by atoms with Crippen LogP contribution >= 0.6 is 0 Å². The van der Waals surface area contributed by atoms with Crippen molar-refractivity contribution >= 4 is 5.91 Å². The summed E-state index contributed by atoms with van der Waals surface area (Å²) < 4.78 is 0. The first-order valence-corrected chi connectivity index (χ1v) is 8.20. The fourth-order valence-electron chi connectivity index (χ4n) is 3.82. The van der Waals surface area contributed by atoms with E-state index in [1.807, 2.05) is 4.90 Å². The number of piperidine rings is 1. The molecule has 3 heterocycles. The molecule has 3 fully saturated rings. The van der Waals surface area contributed by atoms with Gasteiger partial charge in [-0.15, -0.1) is 0 Å². The topological polar surface area (TPSA) is 38.8 Å². The van der Waals surface area contributed by atoms with E-state index < -0.39 is 0 Å². The van der Waals surface area contributed by atoms with Crippen LogP contribution in [0.5, 0.6) is 0 Å². The molecule has 0 aromatic carbocycles. The maximum Gasteiger partial charge on any atom is 0.236 e. The normalized spacial score (nSPS) is 33.0. The number of amides is 1. The standard InChI is InChI=1S/C15H28N4O/c1-13-10-18-7-3-2-4-14(18)11-19(13)12-15(20)17-8-5-16-6-9-17/h13-14,16H,2-12H2,1H3. The van der Waals surface area contributed by atoms with Crippen LogP contribution in [0.3, 0.4) is 0 Å². The molecule has 3 rings (SSSR count). The second-order valence-electron chi connectivity index (χ2n) is 6.55. The number of piperazine rings is 2. The lowest BCUT2D eigenvalue weighted by Gasteiger charge is -2.47. The average molecular weight is 280 g/mol. The molecule has 5 nitrogen and oxygen atoms in total. The predicted octanol–water partition coefficient (Wildman–Crippen LogP) is -0.0232. The van der Waals surface area contributed by atoms with Crippen LogP contribution in [0.4, 0.5) is 0 Å². The third-order valence-electron chi connectivity index (χ3n) is 5.12. The summed E-state index contributed by atoms with van der Waals surface area (Å²) in [6, 6.07) is 1.20. The van der Waals surface area contributed by atoms with Gasteiger partial charge in [-0.05, 0) is 26.3 Å². The highest BCUT2D eigenvalue weighted by Crippen LogP contribution is 2.23. The molecular formula is C15H28N4O. The molecule has 3 aliphatic rings. The number of hydrogen-bond acceptors (Lipinski definition) is 4. The molecule has 0 aromatic rings. The third kappa shape index (κ3) is 3.15. The van der Waals surface area contributed by atoms with Crippen LogP contribution in [0.1, 0.15) is 26.2 Å². The minimum Gasteiger partial charge on any atom is -0.339 e. The molecule has 0 bridgehead atoms. The van der Waals surface area contributed by atoms with Gasteiger partial charge in [-0.1, -0.05) is 6.42 Å². The van der Waals surface area contributed by atoms with Gasteiger partial charge in [0.15, 0.2) is 0 Å². The van der Waals surface area contributed by atoms with Crippen LogP contribution in [-0.4, -0.2) is 85.0 Å². The van der Waals surface area contributed by atoms with Gasteiger partial charge in [-0.2, -0.15) is 0 Å². The molecule has 0 spiro atoms. The summed E-state index contributed by atoms with van der Waals surface area (Å²) in [5.41, 5.74) is 0. The molecule has 3 saturated heterocycles. The fraction of sp³-hybridized carbons (Fsp3) is 0.933.